The molecular formula is C49H73N5O19. The van der Waals surface area contributed by atoms with Gasteiger partial charge in [0.1, 0.15) is 11.2 Å². The molecule has 1 saturated heterocycles. The van der Waals surface area contributed by atoms with Gasteiger partial charge < -0.3 is 68.7 Å². The summed E-state index contributed by atoms with van der Waals surface area (Å²) in [4.78, 5) is 114. The highest BCUT2D eigenvalue weighted by Gasteiger charge is 2.33. The first-order valence-corrected chi connectivity index (χ1v) is 24.0. The number of benzene rings is 1. The van der Waals surface area contributed by atoms with E-state index in [-0.39, 0.29) is 142 Å². The average molecular weight is 1040 g/mol. The van der Waals surface area contributed by atoms with E-state index in [9.17, 15) is 43.2 Å². The van der Waals surface area contributed by atoms with Crippen LogP contribution in [0.3, 0.4) is 0 Å². The van der Waals surface area contributed by atoms with Gasteiger partial charge in [-0.25, -0.2) is 9.59 Å². The molecule has 0 saturated carbocycles. The topological polar surface area (TPSA) is 297 Å². The Morgan fingerprint density at radius 3 is 1.63 bits per heavy atom. The van der Waals surface area contributed by atoms with Gasteiger partial charge in [0.25, 0.3) is 23.6 Å². The summed E-state index contributed by atoms with van der Waals surface area (Å²) in [5.74, 6) is -0.671. The molecule has 1 fully saturated rings. The summed E-state index contributed by atoms with van der Waals surface area (Å²) in [5.41, 5.74) is -0.557. The number of nitrogens with one attached hydrogen (secondary N) is 4. The minimum absolute atomic E-state index is 0.0188. The van der Waals surface area contributed by atoms with E-state index in [0.717, 1.165) is 0 Å². The fourth-order valence-electron chi connectivity index (χ4n) is 6.02. The molecule has 2 unspecified atom stereocenters. The maximum atomic E-state index is 12.9. The third-order valence-electron chi connectivity index (χ3n) is 9.19. The number of carbonyl (C=O) groups excluding carboxylic acids is 9. The third kappa shape index (κ3) is 31.1. The fraction of sp³-hybridized carbons (Fsp3) is 0.653. The van der Waals surface area contributed by atoms with Crippen molar-refractivity contribution in [2.45, 2.75) is 111 Å². The lowest BCUT2D eigenvalue weighted by atomic mass is 9.95. The van der Waals surface area contributed by atoms with E-state index >= 15 is 0 Å². The molecule has 0 radical (unpaired) electrons. The Hall–Kier alpha value is -6.23. The van der Waals surface area contributed by atoms with E-state index in [4.69, 9.17) is 47.5 Å². The molecule has 2 rings (SSSR count). The minimum atomic E-state index is -0.758. The molecule has 0 spiro atoms. The number of imide groups is 1. The first-order valence-electron chi connectivity index (χ1n) is 24.0. The minimum Gasteiger partial charge on any atom is -0.460 e. The highest BCUT2D eigenvalue weighted by molar-refractivity contribution is 6.03. The van der Waals surface area contributed by atoms with Crippen LogP contribution in [0.5, 0.6) is 5.75 Å². The van der Waals surface area contributed by atoms with E-state index in [1.165, 1.54) is 13.0 Å². The predicted octanol–water partition coefficient (Wildman–Crippen LogP) is 2.08. The molecule has 1 aromatic rings. The third-order valence-corrected chi connectivity index (χ3v) is 9.19. The van der Waals surface area contributed by atoms with Crippen molar-refractivity contribution in [2.24, 2.45) is 5.92 Å². The normalized spacial score (nSPS) is 13.2. The lowest BCUT2D eigenvalue weighted by Crippen LogP contribution is -2.42. The molecule has 1 aliphatic rings. The second-order valence-corrected chi connectivity index (χ2v) is 18.2. The maximum absolute atomic E-state index is 12.9. The summed E-state index contributed by atoms with van der Waals surface area (Å²) in [5, 5.41) is 11.1. The van der Waals surface area contributed by atoms with Crippen molar-refractivity contribution in [3.05, 3.63) is 23.8 Å². The van der Waals surface area contributed by atoms with Crippen LogP contribution in [0.2, 0.25) is 0 Å². The van der Waals surface area contributed by atoms with Crippen LogP contribution in [0.4, 0.5) is 10.5 Å². The number of hydroxylamine groups is 2. The van der Waals surface area contributed by atoms with Gasteiger partial charge in [0.15, 0.2) is 5.75 Å². The summed E-state index contributed by atoms with van der Waals surface area (Å²) in [6.07, 6.45) is -0.321. The SMILES string of the molecule is CC(=O)Oc1ccc(CC(CC(C)C(=O)OC(C)(C)C)NC(=O)OC(C)(C)C)cc1NC(=O)CCOCCOCCOCCNC(=O)C#CC(=O)NCCOCCOCCOCCC(=O)ON1C(=O)CCC1=O. The Labute approximate surface area is 426 Å². The highest BCUT2D eigenvalue weighted by atomic mass is 16.7. The van der Waals surface area contributed by atoms with Crippen LogP contribution in [-0.4, -0.2) is 168 Å². The summed E-state index contributed by atoms with van der Waals surface area (Å²) in [7, 11) is 0. The number of esters is 2. The van der Waals surface area contributed by atoms with Crippen molar-refractivity contribution in [2.75, 3.05) is 97.7 Å². The predicted molar refractivity (Wildman–Crippen MR) is 258 cm³/mol. The number of amides is 6. The monoisotopic (exact) mass is 1040 g/mol. The van der Waals surface area contributed by atoms with Gasteiger partial charge >= 0.3 is 24.0 Å². The number of rotatable bonds is 33. The number of carbonyl (C=O) groups is 9. The van der Waals surface area contributed by atoms with Crippen molar-refractivity contribution < 1.29 is 90.6 Å². The maximum Gasteiger partial charge on any atom is 0.407 e. The van der Waals surface area contributed by atoms with Crippen LogP contribution < -0.4 is 26.0 Å². The zero-order valence-corrected chi connectivity index (χ0v) is 43.2. The smallest absolute Gasteiger partial charge is 0.407 e. The lowest BCUT2D eigenvalue weighted by Gasteiger charge is -2.27. The van der Waals surface area contributed by atoms with Crippen LogP contribution in [-0.2, 0) is 87.5 Å². The van der Waals surface area contributed by atoms with Crippen LogP contribution in [0.15, 0.2) is 18.2 Å². The molecule has 24 nitrogen and oxygen atoms in total. The zero-order chi connectivity index (χ0) is 54.2. The molecule has 0 aliphatic carbocycles. The van der Waals surface area contributed by atoms with Gasteiger partial charge in [-0.1, -0.05) is 13.0 Å². The van der Waals surface area contributed by atoms with Gasteiger partial charge in [-0.05, 0) is 72.1 Å². The second-order valence-electron chi connectivity index (χ2n) is 18.2. The van der Waals surface area contributed by atoms with Crippen molar-refractivity contribution in [1.82, 2.24) is 21.0 Å². The van der Waals surface area contributed by atoms with Gasteiger partial charge in [-0.2, -0.15) is 0 Å². The Bertz CT molecular complexity index is 2020. The van der Waals surface area contributed by atoms with E-state index in [0.29, 0.717) is 10.6 Å². The van der Waals surface area contributed by atoms with Gasteiger partial charge in [0.2, 0.25) is 5.91 Å². The molecule has 4 N–H and O–H groups in total. The summed E-state index contributed by atoms with van der Waals surface area (Å²) in [6, 6.07) is 4.29. The quantitative estimate of drug-likeness (QED) is 0.0258. The number of hydrogen-bond acceptors (Lipinski definition) is 19. The van der Waals surface area contributed by atoms with Crippen molar-refractivity contribution >= 4 is 59.2 Å². The number of ether oxygens (including phenoxy) is 9. The largest absolute Gasteiger partial charge is 0.460 e. The summed E-state index contributed by atoms with van der Waals surface area (Å²) in [6.45, 7) is 16.0. The average Bonchev–Trinajstić information content (AvgIpc) is 3.60. The fourth-order valence-corrected chi connectivity index (χ4v) is 6.02. The van der Waals surface area contributed by atoms with E-state index in [1.807, 2.05) is 0 Å². The van der Waals surface area contributed by atoms with Crippen molar-refractivity contribution in [3.63, 3.8) is 0 Å². The number of nitrogens with zero attached hydrogens (tertiary/aromatic N) is 1. The van der Waals surface area contributed by atoms with Crippen LogP contribution in [0, 0.1) is 17.8 Å². The second kappa shape index (κ2) is 34.2. The number of anilines is 1. The van der Waals surface area contributed by atoms with Gasteiger partial charge in [-0.15, -0.1) is 5.06 Å². The standard InChI is InChI=1S/C49H73N5O19/c1-34(46(62)71-48(3,4)5)31-37(52-47(63)72-49(6,7)8)32-36-9-10-39(70-35(2)55)38(33-36)53-42(58)15-19-64-23-27-68-29-25-66-21-17-50-40(56)11-12-41(57)51-18-22-67-26-30-69-28-24-65-20-16-45(61)73-54-43(59)13-14-44(54)60/h9-10,33-34,37H,13-32H2,1-8H3,(H,50,56)(H,51,57)(H,52,63)(H,53,58). The van der Waals surface area contributed by atoms with Gasteiger partial charge in [0.05, 0.1) is 104 Å². The Morgan fingerprint density at radius 2 is 1.14 bits per heavy atom. The molecule has 1 aromatic carbocycles. The molecule has 73 heavy (non-hydrogen) atoms. The van der Waals surface area contributed by atoms with Crippen LogP contribution in [0.1, 0.15) is 93.1 Å². The number of hydrogen-bond donors (Lipinski definition) is 4. The molecule has 0 bridgehead atoms. The first kappa shape index (κ1) is 62.9. The Morgan fingerprint density at radius 1 is 0.658 bits per heavy atom. The lowest BCUT2D eigenvalue weighted by molar-refractivity contribution is -0.198. The molecule has 0 aromatic heterocycles. The summed E-state index contributed by atoms with van der Waals surface area (Å²) >= 11 is 0. The van der Waals surface area contributed by atoms with Crippen molar-refractivity contribution in [3.8, 4) is 17.6 Å². The molecule has 408 valence electrons. The molecule has 1 heterocycles. The summed E-state index contributed by atoms with van der Waals surface area (Å²) < 4.78 is 48.7. The Kier molecular flexibility index (Phi) is 29.5. The van der Waals surface area contributed by atoms with Crippen LogP contribution in [0.25, 0.3) is 0 Å². The van der Waals surface area contributed by atoms with E-state index in [2.05, 4.69) is 33.1 Å². The molecular weight excluding hydrogens is 963 g/mol. The number of alkyl carbamates (subject to hydrolysis) is 1. The molecule has 6 amide bonds. The van der Waals surface area contributed by atoms with E-state index < -0.39 is 76.7 Å². The molecule has 2 atom stereocenters. The van der Waals surface area contributed by atoms with Gasteiger partial charge in [-0.3, -0.25) is 33.6 Å². The van der Waals surface area contributed by atoms with Crippen molar-refractivity contribution in [1.29, 1.82) is 0 Å². The first-order chi connectivity index (χ1) is 34.5. The van der Waals surface area contributed by atoms with Crippen LogP contribution >= 0.6 is 0 Å². The molecule has 1 aliphatic heterocycles. The zero-order valence-electron chi connectivity index (χ0n) is 43.2. The van der Waals surface area contributed by atoms with Gasteiger partial charge in [0, 0.05) is 50.7 Å². The molecule has 24 heteroatoms. The highest BCUT2D eigenvalue weighted by Crippen LogP contribution is 2.28. The Balaban J connectivity index is 1.56. The van der Waals surface area contributed by atoms with E-state index in [1.54, 1.807) is 60.6 Å².